The van der Waals surface area contributed by atoms with Gasteiger partial charge < -0.3 is 4.57 Å². The lowest BCUT2D eigenvalue weighted by Crippen LogP contribution is -1.98. The van der Waals surface area contributed by atoms with E-state index in [2.05, 4.69) is 174 Å². The number of fused-ring (bicyclic) bond motifs is 11. The highest BCUT2D eigenvalue weighted by Crippen LogP contribution is 2.50. The van der Waals surface area contributed by atoms with Crippen LogP contribution in [0.2, 0.25) is 0 Å². The van der Waals surface area contributed by atoms with Gasteiger partial charge in [0.2, 0.25) is 0 Å². The summed E-state index contributed by atoms with van der Waals surface area (Å²) in [5.41, 5.74) is 18.6. The van der Waals surface area contributed by atoms with Crippen molar-refractivity contribution in [1.29, 1.82) is 0 Å². The van der Waals surface area contributed by atoms with Gasteiger partial charge in [0.05, 0.1) is 16.7 Å². The number of hydrogen-bond acceptors (Lipinski definition) is 0. The van der Waals surface area contributed by atoms with Gasteiger partial charge in [-0.2, -0.15) is 0 Å². The standard InChI is InChI=1S/C48H31N/c1-2-12-31(13-3-1)47-39-19-9-8-18-37(39)41-27-32(21-23-40(41)47)33-22-25-45-43(28-33)48-42-29-34-14-5-6-16-35(34)38(42)24-26-46(48)49(45)44-20-10-15-30-11-4-7-17-36(30)44/h1-28,47H,29H2. The van der Waals surface area contributed by atoms with Crippen LogP contribution in [0.4, 0.5) is 0 Å². The van der Waals surface area contributed by atoms with E-state index >= 15 is 0 Å². The van der Waals surface area contributed by atoms with Crippen LogP contribution in [0.15, 0.2) is 170 Å². The molecule has 1 heterocycles. The molecule has 0 N–H and O–H groups in total. The highest BCUT2D eigenvalue weighted by atomic mass is 15.0. The van der Waals surface area contributed by atoms with E-state index in [1.165, 1.54) is 99.5 Å². The second-order valence-electron chi connectivity index (χ2n) is 13.6. The van der Waals surface area contributed by atoms with Gasteiger partial charge in [0.1, 0.15) is 0 Å². The smallest absolute Gasteiger partial charge is 0.0544 e. The minimum absolute atomic E-state index is 0.256. The molecule has 0 saturated heterocycles. The highest BCUT2D eigenvalue weighted by Gasteiger charge is 2.30. The van der Waals surface area contributed by atoms with Crippen LogP contribution in [-0.2, 0) is 6.42 Å². The molecule has 0 spiro atoms. The molecule has 0 bridgehead atoms. The Morgan fingerprint density at radius 1 is 0.449 bits per heavy atom. The van der Waals surface area contributed by atoms with Crippen LogP contribution < -0.4 is 0 Å². The Hall–Kier alpha value is -6.18. The molecule has 228 valence electrons. The molecular weight excluding hydrogens is 591 g/mol. The minimum Gasteiger partial charge on any atom is -0.309 e. The second kappa shape index (κ2) is 10.2. The van der Waals surface area contributed by atoms with Crippen LogP contribution in [0, 0.1) is 0 Å². The van der Waals surface area contributed by atoms with E-state index in [1.807, 2.05) is 0 Å². The van der Waals surface area contributed by atoms with Crippen molar-refractivity contribution in [3.63, 3.8) is 0 Å². The molecule has 0 fully saturated rings. The predicted molar refractivity (Wildman–Crippen MR) is 205 cm³/mol. The SMILES string of the molecule is c1ccc(C2c3ccccc3-c3cc(-c4ccc5c(c4)c4c6c(ccc4n5-c4cccc5ccccc45)-c4ccccc4C6)ccc32)cc1. The monoisotopic (exact) mass is 621 g/mol. The van der Waals surface area contributed by atoms with Crippen LogP contribution >= 0.6 is 0 Å². The van der Waals surface area contributed by atoms with Crippen molar-refractivity contribution >= 4 is 32.6 Å². The molecule has 1 atom stereocenters. The maximum atomic E-state index is 2.50. The Morgan fingerprint density at radius 2 is 1.16 bits per heavy atom. The number of aromatic nitrogens is 1. The van der Waals surface area contributed by atoms with Gasteiger partial charge in [-0.15, -0.1) is 0 Å². The molecule has 0 radical (unpaired) electrons. The van der Waals surface area contributed by atoms with Crippen molar-refractivity contribution in [3.05, 3.63) is 198 Å². The molecule has 1 aromatic heterocycles. The van der Waals surface area contributed by atoms with Crippen LogP contribution in [0.5, 0.6) is 0 Å². The molecule has 9 aromatic rings. The molecule has 11 rings (SSSR count). The third-order valence-electron chi connectivity index (χ3n) is 11.1. The van der Waals surface area contributed by atoms with E-state index in [4.69, 9.17) is 0 Å². The van der Waals surface area contributed by atoms with Crippen molar-refractivity contribution in [2.24, 2.45) is 0 Å². The van der Waals surface area contributed by atoms with Gasteiger partial charge in [-0.3, -0.25) is 0 Å². The van der Waals surface area contributed by atoms with Crippen molar-refractivity contribution in [2.45, 2.75) is 12.3 Å². The molecule has 2 aliphatic carbocycles. The van der Waals surface area contributed by atoms with E-state index in [9.17, 15) is 0 Å². The number of rotatable bonds is 3. The Balaban J connectivity index is 1.16. The topological polar surface area (TPSA) is 4.93 Å². The van der Waals surface area contributed by atoms with E-state index in [0.29, 0.717) is 0 Å². The molecule has 0 saturated carbocycles. The van der Waals surface area contributed by atoms with Gasteiger partial charge in [0.25, 0.3) is 0 Å². The van der Waals surface area contributed by atoms with Gasteiger partial charge in [0.15, 0.2) is 0 Å². The van der Waals surface area contributed by atoms with E-state index in [1.54, 1.807) is 0 Å². The first-order valence-corrected chi connectivity index (χ1v) is 17.3. The molecule has 2 aliphatic rings. The summed E-state index contributed by atoms with van der Waals surface area (Å²) in [7, 11) is 0. The fourth-order valence-corrected chi connectivity index (χ4v) is 8.98. The molecule has 1 heteroatoms. The Labute approximate surface area is 285 Å². The molecule has 0 amide bonds. The zero-order valence-electron chi connectivity index (χ0n) is 26.9. The van der Waals surface area contributed by atoms with Gasteiger partial charge in [-0.05, 0) is 103 Å². The Kier molecular flexibility index (Phi) is 5.57. The van der Waals surface area contributed by atoms with Crippen LogP contribution in [0.1, 0.15) is 33.7 Å². The lowest BCUT2D eigenvalue weighted by atomic mass is 9.89. The summed E-state index contributed by atoms with van der Waals surface area (Å²) < 4.78 is 2.50. The lowest BCUT2D eigenvalue weighted by molar-refractivity contribution is 1.02. The zero-order chi connectivity index (χ0) is 32.1. The Morgan fingerprint density at radius 3 is 2.10 bits per heavy atom. The number of benzene rings is 8. The number of hydrogen-bond donors (Lipinski definition) is 0. The largest absolute Gasteiger partial charge is 0.309 e. The second-order valence-corrected chi connectivity index (χ2v) is 13.6. The summed E-state index contributed by atoms with van der Waals surface area (Å²) >= 11 is 0. The molecule has 0 aliphatic heterocycles. The van der Waals surface area contributed by atoms with E-state index in [-0.39, 0.29) is 5.92 Å². The maximum absolute atomic E-state index is 2.50. The normalized spacial score (nSPS) is 14.2. The van der Waals surface area contributed by atoms with Gasteiger partial charge in [-0.25, -0.2) is 0 Å². The minimum atomic E-state index is 0.256. The molecule has 49 heavy (non-hydrogen) atoms. The summed E-state index contributed by atoms with van der Waals surface area (Å²) in [5, 5.41) is 5.21. The van der Waals surface area contributed by atoms with Crippen molar-refractivity contribution in [2.75, 3.05) is 0 Å². The average molecular weight is 622 g/mol. The molecular formula is C48H31N. The highest BCUT2D eigenvalue weighted by molar-refractivity contribution is 6.15. The van der Waals surface area contributed by atoms with Crippen molar-refractivity contribution < 1.29 is 0 Å². The summed E-state index contributed by atoms with van der Waals surface area (Å²) in [6.45, 7) is 0. The van der Waals surface area contributed by atoms with E-state index in [0.717, 1.165) is 6.42 Å². The first-order chi connectivity index (χ1) is 24.3. The summed E-state index contributed by atoms with van der Waals surface area (Å²) in [4.78, 5) is 0. The maximum Gasteiger partial charge on any atom is 0.0544 e. The predicted octanol–water partition coefficient (Wildman–Crippen LogP) is 12.3. The van der Waals surface area contributed by atoms with E-state index < -0.39 is 0 Å². The quantitative estimate of drug-likeness (QED) is 0.185. The third kappa shape index (κ3) is 3.82. The fourth-order valence-electron chi connectivity index (χ4n) is 8.98. The molecule has 8 aromatic carbocycles. The number of nitrogens with zero attached hydrogens (tertiary/aromatic N) is 1. The molecule has 1 unspecified atom stereocenters. The average Bonchev–Trinajstić information content (AvgIpc) is 3.82. The first-order valence-electron chi connectivity index (χ1n) is 17.3. The lowest BCUT2D eigenvalue weighted by Gasteiger charge is -2.14. The Bertz CT molecular complexity index is 2790. The van der Waals surface area contributed by atoms with Crippen molar-refractivity contribution in [3.8, 4) is 39.1 Å². The summed E-state index contributed by atoms with van der Waals surface area (Å²) in [6, 6.07) is 63.3. The zero-order valence-corrected chi connectivity index (χ0v) is 26.9. The van der Waals surface area contributed by atoms with Crippen LogP contribution in [0.25, 0.3) is 71.6 Å². The fraction of sp³-hybridized carbons (Fsp3) is 0.0417. The summed E-state index contributed by atoms with van der Waals surface area (Å²) in [5.74, 6) is 0.256. The first kappa shape index (κ1) is 26.8. The van der Waals surface area contributed by atoms with Crippen LogP contribution in [-0.4, -0.2) is 4.57 Å². The van der Waals surface area contributed by atoms with Gasteiger partial charge >= 0.3 is 0 Å². The van der Waals surface area contributed by atoms with Crippen molar-refractivity contribution in [1.82, 2.24) is 4.57 Å². The molecule has 1 nitrogen and oxygen atoms in total. The van der Waals surface area contributed by atoms with Gasteiger partial charge in [-0.1, -0.05) is 140 Å². The van der Waals surface area contributed by atoms with Gasteiger partial charge in [0, 0.05) is 22.1 Å². The summed E-state index contributed by atoms with van der Waals surface area (Å²) in [6.07, 6.45) is 0.957. The third-order valence-corrected chi connectivity index (χ3v) is 11.1. The van der Waals surface area contributed by atoms with Crippen LogP contribution in [0.3, 0.4) is 0 Å².